The number of aryl methyl sites for hydroxylation is 1. The maximum absolute atomic E-state index is 11.8. The largest absolute Gasteiger partial charge is 0.493 e. The van der Waals surface area contributed by atoms with Gasteiger partial charge in [0.1, 0.15) is 5.75 Å². The third kappa shape index (κ3) is 9.91. The molecule has 226 valence electrons. The number of carbonyl (C=O) groups is 1. The quantitative estimate of drug-likeness (QED) is 0.124. The van der Waals surface area contributed by atoms with Crippen LogP contribution in [0.25, 0.3) is 0 Å². The molecule has 2 aliphatic carbocycles. The number of unbranched alkanes of at least 4 members (excludes halogenated alkanes) is 2. The van der Waals surface area contributed by atoms with Crippen molar-refractivity contribution in [3.05, 3.63) is 41.5 Å². The maximum Gasteiger partial charge on any atom is 0.333 e. The van der Waals surface area contributed by atoms with Crippen molar-refractivity contribution in [2.24, 2.45) is 23.2 Å². The first kappa shape index (κ1) is 32.7. The number of benzene rings is 1. The van der Waals surface area contributed by atoms with Crippen LogP contribution in [0.15, 0.2) is 30.4 Å². The standard InChI is InChI=1S/C35H56O5/c1-5-6-7-9-27-11-13-28(14-12-27)29-15-17-30(18-16-29)31-19-20-33(40-25-35(4,23-36)24-37)32(22-31)10-8-21-39-34(38)26(2)3/h19-20,22,27-30,36-37H,2,5-18,21,23-25H2,1,3-4H3. The van der Waals surface area contributed by atoms with Gasteiger partial charge in [0.2, 0.25) is 0 Å². The molecule has 0 bridgehead atoms. The molecular formula is C35H56O5. The number of aliphatic hydroxyl groups excluding tert-OH is 2. The number of ether oxygens (including phenoxy) is 2. The topological polar surface area (TPSA) is 76.0 Å². The summed E-state index contributed by atoms with van der Waals surface area (Å²) < 4.78 is 11.5. The lowest BCUT2D eigenvalue weighted by Crippen LogP contribution is -2.33. The van der Waals surface area contributed by atoms with Crippen molar-refractivity contribution in [2.45, 2.75) is 117 Å². The number of carbonyl (C=O) groups excluding carboxylic acids is 1. The lowest BCUT2D eigenvalue weighted by Gasteiger charge is -2.38. The van der Waals surface area contributed by atoms with Crippen LogP contribution in [0.4, 0.5) is 0 Å². The Balaban J connectivity index is 1.57. The molecule has 2 aliphatic rings. The van der Waals surface area contributed by atoms with Crippen LogP contribution in [0.3, 0.4) is 0 Å². The summed E-state index contributed by atoms with van der Waals surface area (Å²) in [6.45, 7) is 9.72. The number of rotatable bonds is 16. The highest BCUT2D eigenvalue weighted by Crippen LogP contribution is 2.45. The molecule has 0 spiro atoms. The fourth-order valence-corrected chi connectivity index (χ4v) is 6.69. The molecule has 0 saturated heterocycles. The van der Waals surface area contributed by atoms with Gasteiger partial charge in [0.25, 0.3) is 0 Å². The van der Waals surface area contributed by atoms with Crippen LogP contribution >= 0.6 is 0 Å². The first-order chi connectivity index (χ1) is 19.3. The summed E-state index contributed by atoms with van der Waals surface area (Å²) in [7, 11) is 0. The first-order valence-corrected chi connectivity index (χ1v) is 16.1. The van der Waals surface area contributed by atoms with Crippen molar-refractivity contribution in [2.75, 3.05) is 26.4 Å². The zero-order valence-corrected chi connectivity index (χ0v) is 25.6. The monoisotopic (exact) mass is 556 g/mol. The van der Waals surface area contributed by atoms with Crippen molar-refractivity contribution in [1.29, 1.82) is 0 Å². The minimum Gasteiger partial charge on any atom is -0.493 e. The van der Waals surface area contributed by atoms with Gasteiger partial charge in [0.05, 0.1) is 26.4 Å². The SMILES string of the molecule is C=C(C)C(=O)OCCCc1cc(C2CCC(C3CCC(CCCCC)CC3)CC2)ccc1OCC(C)(CO)CO. The summed E-state index contributed by atoms with van der Waals surface area (Å²) in [6.07, 6.45) is 18.0. The molecule has 0 unspecified atom stereocenters. The van der Waals surface area contributed by atoms with E-state index in [1.807, 2.05) is 6.92 Å². The molecule has 40 heavy (non-hydrogen) atoms. The number of hydrogen-bond donors (Lipinski definition) is 2. The molecule has 0 aromatic heterocycles. The number of hydrogen-bond acceptors (Lipinski definition) is 5. The highest BCUT2D eigenvalue weighted by atomic mass is 16.5. The summed E-state index contributed by atoms with van der Waals surface area (Å²) >= 11 is 0. The molecule has 1 aromatic rings. The van der Waals surface area contributed by atoms with Crippen molar-refractivity contribution >= 4 is 5.97 Å². The van der Waals surface area contributed by atoms with Crippen LogP contribution in [-0.4, -0.2) is 42.6 Å². The van der Waals surface area contributed by atoms with Gasteiger partial charge in [-0.15, -0.1) is 0 Å². The Hall–Kier alpha value is -1.85. The molecule has 0 aliphatic heterocycles. The predicted molar refractivity (Wildman–Crippen MR) is 163 cm³/mol. The van der Waals surface area contributed by atoms with E-state index in [0.717, 1.165) is 35.5 Å². The Bertz CT molecular complexity index is 904. The normalized spacial score (nSPS) is 23.5. The van der Waals surface area contributed by atoms with Crippen molar-refractivity contribution in [1.82, 2.24) is 0 Å². The highest BCUT2D eigenvalue weighted by molar-refractivity contribution is 5.86. The zero-order chi connectivity index (χ0) is 29.0. The molecule has 0 amide bonds. The molecule has 5 heteroatoms. The van der Waals surface area contributed by atoms with Crippen LogP contribution in [0, 0.1) is 23.2 Å². The summed E-state index contributed by atoms with van der Waals surface area (Å²) in [6, 6.07) is 6.56. The van der Waals surface area contributed by atoms with Gasteiger partial charge < -0.3 is 19.7 Å². The summed E-state index contributed by atoms with van der Waals surface area (Å²) in [5.74, 6) is 3.82. The van der Waals surface area contributed by atoms with E-state index in [1.165, 1.54) is 82.6 Å². The second-order valence-corrected chi connectivity index (χ2v) is 13.2. The van der Waals surface area contributed by atoms with Crippen LogP contribution in [-0.2, 0) is 16.0 Å². The average Bonchev–Trinajstić information content (AvgIpc) is 2.98. The van der Waals surface area contributed by atoms with Crippen LogP contribution in [0.2, 0.25) is 0 Å². The third-order valence-corrected chi connectivity index (χ3v) is 9.61. The molecule has 2 N–H and O–H groups in total. The molecule has 2 saturated carbocycles. The minimum atomic E-state index is -0.694. The Morgan fingerprint density at radius 2 is 1.62 bits per heavy atom. The fraction of sp³-hybridized carbons (Fsp3) is 0.743. The second kappa shape index (κ2) is 16.6. The van der Waals surface area contributed by atoms with E-state index in [1.54, 1.807) is 6.92 Å². The Labute approximate surface area is 243 Å². The fourth-order valence-electron chi connectivity index (χ4n) is 6.69. The number of esters is 1. The molecule has 1 aromatic carbocycles. The molecule has 0 heterocycles. The van der Waals surface area contributed by atoms with Gasteiger partial charge in [-0.1, -0.05) is 71.1 Å². The zero-order valence-electron chi connectivity index (χ0n) is 25.6. The Morgan fingerprint density at radius 3 is 2.23 bits per heavy atom. The van der Waals surface area contributed by atoms with Gasteiger partial charge in [0.15, 0.2) is 0 Å². The van der Waals surface area contributed by atoms with E-state index >= 15 is 0 Å². The van der Waals surface area contributed by atoms with E-state index in [9.17, 15) is 15.0 Å². The average molecular weight is 557 g/mol. The van der Waals surface area contributed by atoms with Gasteiger partial charge in [-0.3, -0.25) is 0 Å². The lowest BCUT2D eigenvalue weighted by molar-refractivity contribution is -0.139. The van der Waals surface area contributed by atoms with Crippen LogP contribution in [0.1, 0.15) is 121 Å². The van der Waals surface area contributed by atoms with Gasteiger partial charge in [-0.25, -0.2) is 4.79 Å². The van der Waals surface area contributed by atoms with Crippen molar-refractivity contribution in [3.63, 3.8) is 0 Å². The molecule has 5 nitrogen and oxygen atoms in total. The van der Waals surface area contributed by atoms with Gasteiger partial charge in [-0.05, 0) is 99.2 Å². The van der Waals surface area contributed by atoms with Gasteiger partial charge >= 0.3 is 5.97 Å². The molecule has 2 fully saturated rings. The molecule has 3 rings (SSSR count). The van der Waals surface area contributed by atoms with Crippen LogP contribution < -0.4 is 4.74 Å². The molecule has 0 atom stereocenters. The predicted octanol–water partition coefficient (Wildman–Crippen LogP) is 7.77. The number of aliphatic hydroxyl groups is 2. The highest BCUT2D eigenvalue weighted by Gasteiger charge is 2.31. The summed E-state index contributed by atoms with van der Waals surface area (Å²) in [5, 5.41) is 19.4. The smallest absolute Gasteiger partial charge is 0.333 e. The van der Waals surface area contributed by atoms with E-state index < -0.39 is 5.41 Å². The van der Waals surface area contributed by atoms with E-state index in [-0.39, 0.29) is 25.8 Å². The van der Waals surface area contributed by atoms with Crippen molar-refractivity contribution < 1.29 is 24.5 Å². The Kier molecular flexibility index (Phi) is 13.5. The lowest BCUT2D eigenvalue weighted by atomic mass is 9.68. The van der Waals surface area contributed by atoms with Gasteiger partial charge in [0, 0.05) is 11.0 Å². The molecular weight excluding hydrogens is 500 g/mol. The van der Waals surface area contributed by atoms with E-state index in [0.29, 0.717) is 24.5 Å². The minimum absolute atomic E-state index is 0.141. The Morgan fingerprint density at radius 1 is 0.975 bits per heavy atom. The van der Waals surface area contributed by atoms with E-state index in [4.69, 9.17) is 9.47 Å². The maximum atomic E-state index is 11.8. The second-order valence-electron chi connectivity index (χ2n) is 13.2. The molecule has 0 radical (unpaired) electrons. The third-order valence-electron chi connectivity index (χ3n) is 9.61. The van der Waals surface area contributed by atoms with Crippen LogP contribution in [0.5, 0.6) is 5.75 Å². The summed E-state index contributed by atoms with van der Waals surface area (Å²) in [4.78, 5) is 11.8. The van der Waals surface area contributed by atoms with Gasteiger partial charge in [-0.2, -0.15) is 0 Å². The first-order valence-electron chi connectivity index (χ1n) is 16.1. The van der Waals surface area contributed by atoms with Crippen molar-refractivity contribution in [3.8, 4) is 5.75 Å². The summed E-state index contributed by atoms with van der Waals surface area (Å²) in [5.41, 5.74) is 2.20. The van der Waals surface area contributed by atoms with E-state index in [2.05, 4.69) is 31.7 Å².